The van der Waals surface area contributed by atoms with Crippen LogP contribution in [0.2, 0.25) is 0 Å². The number of ether oxygens (including phenoxy) is 1. The van der Waals surface area contributed by atoms with Crippen molar-refractivity contribution in [2.75, 3.05) is 44.7 Å². The Labute approximate surface area is 157 Å². The molecule has 1 saturated carbocycles. The maximum atomic E-state index is 12.7. The molecule has 0 aromatic heterocycles. The quantitative estimate of drug-likeness (QED) is 0.759. The normalized spacial score (nSPS) is 19.5. The standard InChI is InChI=1S/C19H31N3O3S/c1-25-19-8-7-17(15-18(19)22-13-11-20-12-14-22)26(23,24)21-10-9-16-5-3-2-4-6-16/h7-8,15-16,20-21H,2-6,9-14H2,1H3. The van der Waals surface area contributed by atoms with Gasteiger partial charge in [-0.25, -0.2) is 13.1 Å². The maximum absolute atomic E-state index is 12.7. The predicted octanol–water partition coefficient (Wildman–Crippen LogP) is 2.35. The zero-order valence-electron chi connectivity index (χ0n) is 15.7. The van der Waals surface area contributed by atoms with Crippen molar-refractivity contribution in [3.8, 4) is 5.75 Å². The minimum absolute atomic E-state index is 0.315. The smallest absolute Gasteiger partial charge is 0.240 e. The number of benzene rings is 1. The molecule has 0 atom stereocenters. The van der Waals surface area contributed by atoms with Crippen LogP contribution in [0.1, 0.15) is 38.5 Å². The summed E-state index contributed by atoms with van der Waals surface area (Å²) >= 11 is 0. The van der Waals surface area contributed by atoms with Gasteiger partial charge >= 0.3 is 0 Å². The highest BCUT2D eigenvalue weighted by molar-refractivity contribution is 7.89. The molecule has 1 aliphatic heterocycles. The van der Waals surface area contributed by atoms with Crippen LogP contribution in [0.5, 0.6) is 5.75 Å². The van der Waals surface area contributed by atoms with Gasteiger partial charge in [-0.05, 0) is 30.5 Å². The van der Waals surface area contributed by atoms with Crippen molar-refractivity contribution in [1.82, 2.24) is 10.0 Å². The van der Waals surface area contributed by atoms with Gasteiger partial charge in [0.25, 0.3) is 0 Å². The monoisotopic (exact) mass is 381 g/mol. The number of rotatable bonds is 7. The van der Waals surface area contributed by atoms with Gasteiger partial charge in [0, 0.05) is 32.7 Å². The Morgan fingerprint density at radius 3 is 2.62 bits per heavy atom. The molecule has 7 heteroatoms. The van der Waals surface area contributed by atoms with Gasteiger partial charge in [0.2, 0.25) is 10.0 Å². The molecular formula is C19H31N3O3S. The summed E-state index contributed by atoms with van der Waals surface area (Å²) in [6, 6.07) is 5.13. The largest absolute Gasteiger partial charge is 0.495 e. The van der Waals surface area contributed by atoms with E-state index in [1.165, 1.54) is 32.1 Å². The van der Waals surface area contributed by atoms with Gasteiger partial charge in [-0.3, -0.25) is 0 Å². The van der Waals surface area contributed by atoms with Crippen LogP contribution >= 0.6 is 0 Å². The summed E-state index contributed by atoms with van der Waals surface area (Å²) in [4.78, 5) is 2.49. The molecule has 0 spiro atoms. The SMILES string of the molecule is COc1ccc(S(=O)(=O)NCCC2CCCCC2)cc1N1CCNCC1. The highest BCUT2D eigenvalue weighted by Crippen LogP contribution is 2.31. The van der Waals surface area contributed by atoms with Crippen molar-refractivity contribution in [3.63, 3.8) is 0 Å². The molecule has 3 rings (SSSR count). The van der Waals surface area contributed by atoms with E-state index in [4.69, 9.17) is 4.74 Å². The van der Waals surface area contributed by atoms with E-state index in [2.05, 4.69) is 14.9 Å². The van der Waals surface area contributed by atoms with Gasteiger partial charge in [0.05, 0.1) is 17.7 Å². The fraction of sp³-hybridized carbons (Fsp3) is 0.684. The van der Waals surface area contributed by atoms with Gasteiger partial charge in [0.1, 0.15) is 5.75 Å². The van der Waals surface area contributed by atoms with Gasteiger partial charge in [-0.15, -0.1) is 0 Å². The highest BCUT2D eigenvalue weighted by atomic mass is 32.2. The molecule has 1 aromatic rings. The summed E-state index contributed by atoms with van der Waals surface area (Å²) in [5.41, 5.74) is 0.851. The molecule has 0 unspecified atom stereocenters. The van der Waals surface area contributed by atoms with Crippen LogP contribution in [-0.2, 0) is 10.0 Å². The van der Waals surface area contributed by atoms with Crippen LogP contribution in [0.3, 0.4) is 0 Å². The summed E-state index contributed by atoms with van der Waals surface area (Å²) in [5.74, 6) is 1.38. The first-order chi connectivity index (χ1) is 12.6. The number of piperazine rings is 1. The van der Waals surface area contributed by atoms with Gasteiger partial charge < -0.3 is 15.0 Å². The molecule has 1 heterocycles. The highest BCUT2D eigenvalue weighted by Gasteiger charge is 2.21. The predicted molar refractivity (Wildman–Crippen MR) is 104 cm³/mol. The summed E-state index contributed by atoms with van der Waals surface area (Å²) < 4.78 is 33.7. The second-order valence-corrected chi connectivity index (χ2v) is 9.03. The summed E-state index contributed by atoms with van der Waals surface area (Å²) in [6.07, 6.45) is 7.28. The zero-order valence-corrected chi connectivity index (χ0v) is 16.5. The third-order valence-corrected chi connectivity index (χ3v) is 6.95. The Hall–Kier alpha value is -1.31. The fourth-order valence-corrected chi connectivity index (χ4v) is 5.01. The van der Waals surface area contributed by atoms with Crippen LogP contribution in [0, 0.1) is 5.92 Å². The number of nitrogens with zero attached hydrogens (tertiary/aromatic N) is 1. The number of nitrogens with one attached hydrogen (secondary N) is 2. The Balaban J connectivity index is 1.68. The van der Waals surface area contributed by atoms with Gasteiger partial charge in [-0.2, -0.15) is 0 Å². The molecule has 6 nitrogen and oxygen atoms in total. The lowest BCUT2D eigenvalue weighted by Gasteiger charge is -2.30. The van der Waals surface area contributed by atoms with Gasteiger partial charge in [0.15, 0.2) is 0 Å². The molecule has 0 bridgehead atoms. The molecule has 146 valence electrons. The zero-order chi connectivity index (χ0) is 18.4. The molecule has 2 N–H and O–H groups in total. The molecule has 2 aliphatic rings. The van der Waals surface area contributed by atoms with Crippen molar-refractivity contribution in [2.24, 2.45) is 5.92 Å². The van der Waals surface area contributed by atoms with E-state index >= 15 is 0 Å². The van der Waals surface area contributed by atoms with E-state index in [0.29, 0.717) is 23.1 Å². The lowest BCUT2D eigenvalue weighted by atomic mass is 9.87. The third kappa shape index (κ3) is 4.90. The molecule has 2 fully saturated rings. The minimum Gasteiger partial charge on any atom is -0.495 e. The summed E-state index contributed by atoms with van der Waals surface area (Å²) in [7, 11) is -1.87. The molecule has 1 aromatic carbocycles. The van der Waals surface area contributed by atoms with E-state index in [-0.39, 0.29) is 0 Å². The van der Waals surface area contributed by atoms with Crippen molar-refractivity contribution in [3.05, 3.63) is 18.2 Å². The van der Waals surface area contributed by atoms with E-state index in [0.717, 1.165) is 38.3 Å². The van der Waals surface area contributed by atoms with Crippen LogP contribution in [0.15, 0.2) is 23.1 Å². The number of anilines is 1. The van der Waals surface area contributed by atoms with Crippen LogP contribution in [0.25, 0.3) is 0 Å². The van der Waals surface area contributed by atoms with Crippen molar-refractivity contribution in [2.45, 2.75) is 43.4 Å². The van der Waals surface area contributed by atoms with E-state index in [1.807, 2.05) is 0 Å². The first-order valence-corrected chi connectivity index (χ1v) is 11.2. The Kier molecular flexibility index (Phi) is 6.78. The second-order valence-electron chi connectivity index (χ2n) is 7.26. The van der Waals surface area contributed by atoms with Crippen molar-refractivity contribution >= 4 is 15.7 Å². The first kappa shape index (κ1) is 19.5. The average molecular weight is 382 g/mol. The maximum Gasteiger partial charge on any atom is 0.240 e. The Morgan fingerprint density at radius 2 is 1.92 bits per heavy atom. The van der Waals surface area contributed by atoms with E-state index in [1.54, 1.807) is 25.3 Å². The van der Waals surface area contributed by atoms with Crippen LogP contribution in [0.4, 0.5) is 5.69 Å². The number of hydrogen-bond acceptors (Lipinski definition) is 5. The molecule has 0 amide bonds. The summed E-state index contributed by atoms with van der Waals surface area (Å²) in [6.45, 7) is 3.98. The average Bonchev–Trinajstić information content (AvgIpc) is 2.69. The van der Waals surface area contributed by atoms with Crippen molar-refractivity contribution < 1.29 is 13.2 Å². The third-order valence-electron chi connectivity index (χ3n) is 5.49. The lowest BCUT2D eigenvalue weighted by Crippen LogP contribution is -2.43. The fourth-order valence-electron chi connectivity index (χ4n) is 3.95. The summed E-state index contributed by atoms with van der Waals surface area (Å²) in [5, 5.41) is 3.31. The first-order valence-electron chi connectivity index (χ1n) is 9.73. The van der Waals surface area contributed by atoms with Gasteiger partial charge in [-0.1, -0.05) is 32.1 Å². The molecule has 26 heavy (non-hydrogen) atoms. The molecule has 1 aliphatic carbocycles. The molecule has 0 radical (unpaired) electrons. The van der Waals surface area contributed by atoms with Crippen molar-refractivity contribution in [1.29, 1.82) is 0 Å². The minimum atomic E-state index is -3.50. The number of sulfonamides is 1. The molecule has 1 saturated heterocycles. The lowest BCUT2D eigenvalue weighted by molar-refractivity contribution is 0.339. The Morgan fingerprint density at radius 1 is 1.19 bits per heavy atom. The second kappa shape index (κ2) is 9.06. The van der Waals surface area contributed by atoms with E-state index in [9.17, 15) is 8.42 Å². The Bertz CT molecular complexity index is 681. The number of methoxy groups -OCH3 is 1. The molecular weight excluding hydrogens is 350 g/mol. The van der Waals surface area contributed by atoms with E-state index < -0.39 is 10.0 Å². The van der Waals surface area contributed by atoms with Crippen LogP contribution < -0.4 is 19.7 Å². The van der Waals surface area contributed by atoms with Crippen LogP contribution in [-0.4, -0.2) is 48.3 Å². The topological polar surface area (TPSA) is 70.7 Å². The number of hydrogen-bond donors (Lipinski definition) is 2.